The summed E-state index contributed by atoms with van der Waals surface area (Å²) >= 11 is 0. The van der Waals surface area contributed by atoms with E-state index in [-0.39, 0.29) is 5.97 Å². The molecule has 0 aliphatic rings. The van der Waals surface area contributed by atoms with E-state index in [0.29, 0.717) is 5.56 Å². The summed E-state index contributed by atoms with van der Waals surface area (Å²) in [6.45, 7) is 2.82. The van der Waals surface area contributed by atoms with Gasteiger partial charge in [0.25, 0.3) is 0 Å². The SMILES string of the molecule is COC(=O)c1ccccc1N(C)Cc1cccc(C)c1. The highest BCUT2D eigenvalue weighted by Gasteiger charge is 2.14. The van der Waals surface area contributed by atoms with Crippen LogP contribution < -0.4 is 4.90 Å². The number of carbonyl (C=O) groups is 1. The van der Waals surface area contributed by atoms with Gasteiger partial charge in [-0.15, -0.1) is 0 Å². The van der Waals surface area contributed by atoms with E-state index in [1.807, 2.05) is 31.3 Å². The molecular weight excluding hydrogens is 250 g/mol. The van der Waals surface area contributed by atoms with Crippen molar-refractivity contribution < 1.29 is 9.53 Å². The summed E-state index contributed by atoms with van der Waals surface area (Å²) in [5.41, 5.74) is 3.91. The molecule has 20 heavy (non-hydrogen) atoms. The summed E-state index contributed by atoms with van der Waals surface area (Å²) in [5, 5.41) is 0. The zero-order chi connectivity index (χ0) is 14.5. The van der Waals surface area contributed by atoms with Gasteiger partial charge in [-0.2, -0.15) is 0 Å². The molecule has 0 unspecified atom stereocenters. The van der Waals surface area contributed by atoms with Crippen LogP contribution >= 0.6 is 0 Å². The zero-order valence-electron chi connectivity index (χ0n) is 12.1. The number of benzene rings is 2. The van der Waals surface area contributed by atoms with Gasteiger partial charge in [-0.25, -0.2) is 4.79 Å². The quantitative estimate of drug-likeness (QED) is 0.797. The average molecular weight is 269 g/mol. The minimum atomic E-state index is -0.309. The number of anilines is 1. The molecule has 0 aliphatic heterocycles. The summed E-state index contributed by atoms with van der Waals surface area (Å²) < 4.78 is 4.83. The molecule has 0 radical (unpaired) electrons. The van der Waals surface area contributed by atoms with Gasteiger partial charge in [-0.1, -0.05) is 42.0 Å². The van der Waals surface area contributed by atoms with Crippen LogP contribution in [0.2, 0.25) is 0 Å². The molecule has 3 heteroatoms. The number of hydrogen-bond acceptors (Lipinski definition) is 3. The van der Waals surface area contributed by atoms with Crippen molar-refractivity contribution in [3.05, 3.63) is 65.2 Å². The largest absolute Gasteiger partial charge is 0.465 e. The van der Waals surface area contributed by atoms with Crippen molar-refractivity contribution >= 4 is 11.7 Å². The fourth-order valence-electron chi connectivity index (χ4n) is 2.26. The number of hydrogen-bond donors (Lipinski definition) is 0. The number of nitrogens with zero attached hydrogens (tertiary/aromatic N) is 1. The molecule has 0 aromatic heterocycles. The van der Waals surface area contributed by atoms with E-state index >= 15 is 0 Å². The monoisotopic (exact) mass is 269 g/mol. The predicted octanol–water partition coefficient (Wildman–Crippen LogP) is 3.42. The maximum absolute atomic E-state index is 11.8. The van der Waals surface area contributed by atoms with Crippen LogP contribution in [0.4, 0.5) is 5.69 Å². The number of aryl methyl sites for hydroxylation is 1. The van der Waals surface area contributed by atoms with Crippen LogP contribution in [-0.4, -0.2) is 20.1 Å². The lowest BCUT2D eigenvalue weighted by molar-refractivity contribution is 0.0601. The maximum Gasteiger partial charge on any atom is 0.339 e. The number of esters is 1. The van der Waals surface area contributed by atoms with E-state index in [0.717, 1.165) is 12.2 Å². The van der Waals surface area contributed by atoms with Crippen LogP contribution in [0.5, 0.6) is 0 Å². The van der Waals surface area contributed by atoms with Crippen LogP contribution in [0.1, 0.15) is 21.5 Å². The van der Waals surface area contributed by atoms with Gasteiger partial charge in [-0.3, -0.25) is 0 Å². The van der Waals surface area contributed by atoms with E-state index in [9.17, 15) is 4.79 Å². The Morgan fingerprint density at radius 3 is 2.60 bits per heavy atom. The number of methoxy groups -OCH3 is 1. The normalized spacial score (nSPS) is 10.2. The Morgan fingerprint density at radius 1 is 1.15 bits per heavy atom. The Balaban J connectivity index is 2.25. The Bertz CT molecular complexity index is 607. The van der Waals surface area contributed by atoms with Crippen LogP contribution in [-0.2, 0) is 11.3 Å². The molecule has 0 spiro atoms. The van der Waals surface area contributed by atoms with Gasteiger partial charge in [0.15, 0.2) is 0 Å². The van der Waals surface area contributed by atoms with E-state index in [4.69, 9.17) is 4.74 Å². The maximum atomic E-state index is 11.8. The van der Waals surface area contributed by atoms with Crippen molar-refractivity contribution in [2.45, 2.75) is 13.5 Å². The molecule has 0 N–H and O–H groups in total. The van der Waals surface area contributed by atoms with Crippen molar-refractivity contribution in [3.8, 4) is 0 Å². The second-order valence-electron chi connectivity index (χ2n) is 4.85. The molecule has 3 nitrogen and oxygen atoms in total. The summed E-state index contributed by atoms with van der Waals surface area (Å²) in [6, 6.07) is 15.8. The van der Waals surface area contributed by atoms with E-state index in [1.165, 1.54) is 18.2 Å². The van der Waals surface area contributed by atoms with Crippen LogP contribution in [0.3, 0.4) is 0 Å². The highest BCUT2D eigenvalue weighted by atomic mass is 16.5. The van der Waals surface area contributed by atoms with Crippen LogP contribution in [0, 0.1) is 6.92 Å². The first kappa shape index (κ1) is 14.1. The lowest BCUT2D eigenvalue weighted by atomic mass is 10.1. The van der Waals surface area contributed by atoms with Gasteiger partial charge in [0.05, 0.1) is 18.4 Å². The van der Waals surface area contributed by atoms with E-state index < -0.39 is 0 Å². The Morgan fingerprint density at radius 2 is 1.90 bits per heavy atom. The van der Waals surface area contributed by atoms with Crippen molar-refractivity contribution in [2.75, 3.05) is 19.1 Å². The van der Waals surface area contributed by atoms with E-state index in [2.05, 4.69) is 30.0 Å². The molecule has 2 aromatic rings. The predicted molar refractivity (Wildman–Crippen MR) is 81.1 cm³/mol. The molecule has 2 aromatic carbocycles. The zero-order valence-corrected chi connectivity index (χ0v) is 12.1. The fraction of sp³-hybridized carbons (Fsp3) is 0.235. The summed E-state index contributed by atoms with van der Waals surface area (Å²) in [4.78, 5) is 13.9. The van der Waals surface area contributed by atoms with Crippen LogP contribution in [0.15, 0.2) is 48.5 Å². The number of para-hydroxylation sites is 1. The minimum absolute atomic E-state index is 0.309. The molecule has 0 atom stereocenters. The summed E-state index contributed by atoms with van der Waals surface area (Å²) in [6.07, 6.45) is 0. The minimum Gasteiger partial charge on any atom is -0.465 e. The fourth-order valence-corrected chi connectivity index (χ4v) is 2.26. The standard InChI is InChI=1S/C17H19NO2/c1-13-7-6-8-14(11-13)12-18(2)16-10-5-4-9-15(16)17(19)20-3/h4-11H,12H2,1-3H3. The van der Waals surface area contributed by atoms with Gasteiger partial charge in [0.1, 0.15) is 0 Å². The molecule has 0 saturated carbocycles. The molecular formula is C17H19NO2. The molecule has 2 rings (SSSR count). The molecule has 0 fully saturated rings. The number of ether oxygens (including phenoxy) is 1. The highest BCUT2D eigenvalue weighted by Crippen LogP contribution is 2.22. The summed E-state index contributed by atoms with van der Waals surface area (Å²) in [7, 11) is 3.38. The number of carbonyl (C=O) groups excluding carboxylic acids is 1. The van der Waals surface area contributed by atoms with Crippen LogP contribution in [0.25, 0.3) is 0 Å². The smallest absolute Gasteiger partial charge is 0.339 e. The van der Waals surface area contributed by atoms with Crippen molar-refractivity contribution in [1.82, 2.24) is 0 Å². The molecule has 0 aliphatic carbocycles. The third-order valence-electron chi connectivity index (χ3n) is 3.22. The number of rotatable bonds is 4. The summed E-state index contributed by atoms with van der Waals surface area (Å²) in [5.74, 6) is -0.309. The second kappa shape index (κ2) is 6.24. The topological polar surface area (TPSA) is 29.5 Å². The first-order valence-corrected chi connectivity index (χ1v) is 6.56. The molecule has 0 amide bonds. The Labute approximate surface area is 119 Å². The molecule has 104 valence electrons. The molecule has 0 heterocycles. The van der Waals surface area contributed by atoms with Crippen molar-refractivity contribution in [1.29, 1.82) is 0 Å². The van der Waals surface area contributed by atoms with Gasteiger partial charge < -0.3 is 9.64 Å². The average Bonchev–Trinajstić information content (AvgIpc) is 2.46. The van der Waals surface area contributed by atoms with Gasteiger partial charge in [-0.05, 0) is 24.6 Å². The third kappa shape index (κ3) is 3.18. The third-order valence-corrected chi connectivity index (χ3v) is 3.22. The Hall–Kier alpha value is -2.29. The first-order valence-electron chi connectivity index (χ1n) is 6.56. The van der Waals surface area contributed by atoms with Crippen molar-refractivity contribution in [3.63, 3.8) is 0 Å². The molecule has 0 bridgehead atoms. The lowest BCUT2D eigenvalue weighted by Gasteiger charge is -2.22. The Kier molecular flexibility index (Phi) is 4.41. The van der Waals surface area contributed by atoms with Gasteiger partial charge in [0, 0.05) is 13.6 Å². The van der Waals surface area contributed by atoms with Gasteiger partial charge in [0.2, 0.25) is 0 Å². The second-order valence-corrected chi connectivity index (χ2v) is 4.85. The van der Waals surface area contributed by atoms with Crippen molar-refractivity contribution in [2.24, 2.45) is 0 Å². The molecule has 0 saturated heterocycles. The lowest BCUT2D eigenvalue weighted by Crippen LogP contribution is -2.19. The highest BCUT2D eigenvalue weighted by molar-refractivity contribution is 5.95. The first-order chi connectivity index (χ1) is 9.61. The van der Waals surface area contributed by atoms with E-state index in [1.54, 1.807) is 6.07 Å². The van der Waals surface area contributed by atoms with Gasteiger partial charge >= 0.3 is 5.97 Å².